The van der Waals surface area contributed by atoms with Crippen molar-refractivity contribution in [3.05, 3.63) is 83.5 Å². The molecule has 0 bridgehead atoms. The number of ether oxygens (including phenoxy) is 2. The van der Waals surface area contributed by atoms with Crippen LogP contribution in [0.15, 0.2) is 82.9 Å². The van der Waals surface area contributed by atoms with E-state index in [4.69, 9.17) is 9.47 Å². The molecule has 0 aliphatic carbocycles. The van der Waals surface area contributed by atoms with Crippen LogP contribution in [-0.2, 0) is 26.1 Å². The molecule has 1 aliphatic rings. The molecular weight excluding hydrogens is 496 g/mol. The van der Waals surface area contributed by atoms with Gasteiger partial charge in [-0.15, -0.1) is 0 Å². The average molecular weight is 527 g/mol. The smallest absolute Gasteiger partial charge is 0.213 e. The summed E-state index contributed by atoms with van der Waals surface area (Å²) < 4.78 is 46.9. The van der Waals surface area contributed by atoms with Crippen LogP contribution < -0.4 is 9.47 Å². The second-order valence-electron chi connectivity index (χ2n) is 8.14. The number of fused-ring (bicyclic) bond motifs is 2. The van der Waals surface area contributed by atoms with Crippen LogP contribution in [0.1, 0.15) is 12.5 Å². The topological polar surface area (TPSA) is 82.8 Å². The fourth-order valence-corrected chi connectivity index (χ4v) is 5.53. The zero-order valence-electron chi connectivity index (χ0n) is 20.2. The molecule has 0 fully saturated rings. The van der Waals surface area contributed by atoms with Gasteiger partial charge >= 0.3 is 0 Å². The number of hydrogen-bond acceptors (Lipinski definition) is 7. The normalized spacial score (nSPS) is 14.8. The molecule has 2 heterocycles. The SMILES string of the molecule is CCOCCOCC[n+]1ccc(/C=C/C=C2\Sc3ccccc3N2CCS(=O)(=O)[O-])c2ccccc21. The second-order valence-corrected chi connectivity index (χ2v) is 10.7. The van der Waals surface area contributed by atoms with E-state index in [-0.39, 0.29) is 6.54 Å². The van der Waals surface area contributed by atoms with Crippen molar-refractivity contribution in [3.8, 4) is 0 Å². The summed E-state index contributed by atoms with van der Waals surface area (Å²) in [6.07, 6.45) is 8.04. The molecule has 190 valence electrons. The van der Waals surface area contributed by atoms with Gasteiger partial charge in [0.05, 0.1) is 45.2 Å². The summed E-state index contributed by atoms with van der Waals surface area (Å²) in [5.74, 6) is -0.443. The van der Waals surface area contributed by atoms with Gasteiger partial charge in [-0.25, -0.2) is 8.42 Å². The van der Waals surface area contributed by atoms with Gasteiger partial charge in [-0.3, -0.25) is 0 Å². The number of anilines is 1. The summed E-state index contributed by atoms with van der Waals surface area (Å²) in [7, 11) is -4.31. The van der Waals surface area contributed by atoms with Crippen molar-refractivity contribution in [2.24, 2.45) is 0 Å². The van der Waals surface area contributed by atoms with Crippen LogP contribution in [0, 0.1) is 0 Å². The maximum absolute atomic E-state index is 11.2. The first-order valence-electron chi connectivity index (χ1n) is 11.9. The lowest BCUT2D eigenvalue weighted by Gasteiger charge is -2.21. The van der Waals surface area contributed by atoms with E-state index in [0.717, 1.165) is 38.6 Å². The number of allylic oxidation sites excluding steroid dienone is 2. The van der Waals surface area contributed by atoms with E-state index in [1.54, 1.807) is 11.8 Å². The third kappa shape index (κ3) is 6.96. The number of para-hydroxylation sites is 2. The van der Waals surface area contributed by atoms with Crippen LogP contribution in [-0.4, -0.2) is 51.7 Å². The highest BCUT2D eigenvalue weighted by molar-refractivity contribution is 8.03. The zero-order chi connectivity index (χ0) is 25.4. The highest BCUT2D eigenvalue weighted by atomic mass is 32.2. The molecule has 0 amide bonds. The van der Waals surface area contributed by atoms with Crippen LogP contribution in [0.2, 0.25) is 0 Å². The zero-order valence-corrected chi connectivity index (χ0v) is 21.8. The van der Waals surface area contributed by atoms with Gasteiger partial charge in [0, 0.05) is 30.2 Å². The number of thioether (sulfide) groups is 1. The lowest BCUT2D eigenvalue weighted by atomic mass is 10.1. The number of rotatable bonds is 12. The third-order valence-corrected chi connectivity index (χ3v) is 7.54. The molecule has 2 aromatic carbocycles. The van der Waals surface area contributed by atoms with Crippen LogP contribution >= 0.6 is 11.8 Å². The summed E-state index contributed by atoms with van der Waals surface area (Å²) in [4.78, 5) is 2.93. The van der Waals surface area contributed by atoms with Gasteiger partial charge in [0.2, 0.25) is 5.52 Å². The van der Waals surface area contributed by atoms with Gasteiger partial charge in [0.1, 0.15) is 6.61 Å². The van der Waals surface area contributed by atoms with E-state index < -0.39 is 15.9 Å². The molecule has 4 rings (SSSR count). The highest BCUT2D eigenvalue weighted by Crippen LogP contribution is 2.45. The first kappa shape index (κ1) is 26.4. The lowest BCUT2D eigenvalue weighted by Crippen LogP contribution is -2.36. The van der Waals surface area contributed by atoms with Gasteiger partial charge in [-0.2, -0.15) is 4.57 Å². The van der Waals surface area contributed by atoms with Crippen LogP contribution in [0.5, 0.6) is 0 Å². The van der Waals surface area contributed by atoms with Gasteiger partial charge in [-0.05, 0) is 36.8 Å². The van der Waals surface area contributed by atoms with Crippen molar-refractivity contribution in [1.82, 2.24) is 0 Å². The maximum atomic E-state index is 11.2. The first-order chi connectivity index (χ1) is 17.5. The second kappa shape index (κ2) is 12.5. The minimum atomic E-state index is -4.31. The molecule has 0 radical (unpaired) electrons. The molecule has 0 N–H and O–H groups in total. The number of nitrogens with zero attached hydrogens (tertiary/aromatic N) is 2. The minimum Gasteiger partial charge on any atom is -0.748 e. The average Bonchev–Trinajstić information content (AvgIpc) is 3.22. The fraction of sp³-hybridized carbons (Fsp3) is 0.296. The predicted octanol–water partition coefficient (Wildman–Crippen LogP) is 4.19. The largest absolute Gasteiger partial charge is 0.748 e. The first-order valence-corrected chi connectivity index (χ1v) is 14.3. The quantitative estimate of drug-likeness (QED) is 0.199. The summed E-state index contributed by atoms with van der Waals surface area (Å²) in [6.45, 7) is 5.33. The molecule has 1 aliphatic heterocycles. The molecule has 0 saturated carbocycles. The van der Waals surface area contributed by atoms with E-state index in [1.807, 2.05) is 66.4 Å². The molecule has 0 unspecified atom stereocenters. The third-order valence-electron chi connectivity index (χ3n) is 5.73. The monoisotopic (exact) mass is 526 g/mol. The Morgan fingerprint density at radius 3 is 2.64 bits per heavy atom. The van der Waals surface area contributed by atoms with Crippen LogP contribution in [0.4, 0.5) is 5.69 Å². The number of benzene rings is 2. The molecule has 0 spiro atoms. The van der Waals surface area contributed by atoms with Gasteiger partial charge in [-0.1, -0.05) is 48.2 Å². The summed E-state index contributed by atoms with van der Waals surface area (Å²) in [6, 6.07) is 18.1. The van der Waals surface area contributed by atoms with E-state index in [0.29, 0.717) is 26.4 Å². The number of pyridine rings is 1. The number of aromatic nitrogens is 1. The number of hydrogen-bond donors (Lipinski definition) is 0. The Kier molecular flexibility index (Phi) is 9.17. The van der Waals surface area contributed by atoms with Crippen molar-refractivity contribution >= 4 is 44.5 Å². The minimum absolute atomic E-state index is 0.121. The Balaban J connectivity index is 1.51. The fourth-order valence-electron chi connectivity index (χ4n) is 4.02. The van der Waals surface area contributed by atoms with Gasteiger partial charge < -0.3 is 18.9 Å². The molecule has 36 heavy (non-hydrogen) atoms. The molecular formula is C27H30N2O5S2. The van der Waals surface area contributed by atoms with Crippen molar-refractivity contribution < 1.29 is 27.0 Å². The summed E-state index contributed by atoms with van der Waals surface area (Å²) >= 11 is 1.56. The molecule has 0 atom stereocenters. The Hall–Kier alpha value is -2.69. The lowest BCUT2D eigenvalue weighted by molar-refractivity contribution is -0.673. The molecule has 0 saturated heterocycles. The molecule has 7 nitrogen and oxygen atoms in total. The maximum Gasteiger partial charge on any atom is 0.213 e. The van der Waals surface area contributed by atoms with E-state index in [2.05, 4.69) is 29.0 Å². The molecule has 9 heteroatoms. The van der Waals surface area contributed by atoms with E-state index in [1.165, 1.54) is 0 Å². The van der Waals surface area contributed by atoms with Gasteiger partial charge in [0.15, 0.2) is 12.7 Å². The Morgan fingerprint density at radius 1 is 1.03 bits per heavy atom. The summed E-state index contributed by atoms with van der Waals surface area (Å²) in [5, 5.41) is 2.01. The predicted molar refractivity (Wildman–Crippen MR) is 143 cm³/mol. The Labute approximate surface area is 216 Å². The van der Waals surface area contributed by atoms with Crippen LogP contribution in [0.3, 0.4) is 0 Å². The van der Waals surface area contributed by atoms with Crippen LogP contribution in [0.25, 0.3) is 17.0 Å². The highest BCUT2D eigenvalue weighted by Gasteiger charge is 2.24. The Bertz CT molecular complexity index is 1360. The van der Waals surface area contributed by atoms with E-state index >= 15 is 0 Å². The van der Waals surface area contributed by atoms with Crippen molar-refractivity contribution in [2.45, 2.75) is 18.4 Å². The van der Waals surface area contributed by atoms with Crippen molar-refractivity contribution in [2.75, 3.05) is 43.6 Å². The standard InChI is InChI=1S/C27H30N2O5S2/c1-2-33-19-20-34-18-16-28-15-14-22(23-9-3-4-10-24(23)28)8-7-13-27-29(17-21-36(30,31)32)25-11-5-6-12-26(25)35-27/h3-15H,2,16-21H2,1H3. The Morgan fingerprint density at radius 2 is 1.81 bits per heavy atom. The van der Waals surface area contributed by atoms with Crippen molar-refractivity contribution in [3.63, 3.8) is 0 Å². The van der Waals surface area contributed by atoms with E-state index in [9.17, 15) is 13.0 Å². The summed E-state index contributed by atoms with van der Waals surface area (Å²) in [5.41, 5.74) is 3.11. The van der Waals surface area contributed by atoms with Crippen molar-refractivity contribution in [1.29, 1.82) is 0 Å². The van der Waals surface area contributed by atoms with Gasteiger partial charge in [0.25, 0.3) is 0 Å². The molecule has 1 aromatic heterocycles. The molecule has 3 aromatic rings.